The molecular weight excluding hydrogens is 148 g/mol. The summed E-state index contributed by atoms with van der Waals surface area (Å²) in [6.45, 7) is 6.40. The van der Waals surface area contributed by atoms with Crippen LogP contribution in [0.1, 0.15) is 43.1 Å². The molecule has 0 radical (unpaired) electrons. The molecule has 0 bridgehead atoms. The Morgan fingerprint density at radius 1 is 1.25 bits per heavy atom. The van der Waals surface area contributed by atoms with Crippen molar-refractivity contribution in [2.24, 2.45) is 0 Å². The van der Waals surface area contributed by atoms with Crippen LogP contribution in [0.4, 0.5) is 0 Å². The molecule has 1 rings (SSSR count). The van der Waals surface area contributed by atoms with Crippen LogP contribution >= 0.6 is 0 Å². The summed E-state index contributed by atoms with van der Waals surface area (Å²) in [5, 5.41) is 0. The summed E-state index contributed by atoms with van der Waals surface area (Å²) in [5.74, 6) is 1.07. The van der Waals surface area contributed by atoms with Crippen molar-refractivity contribution in [3.05, 3.63) is 23.2 Å². The Morgan fingerprint density at radius 3 is 2.50 bits per heavy atom. The molecular formula is C11H18O. The summed E-state index contributed by atoms with van der Waals surface area (Å²) in [7, 11) is 0. The van der Waals surface area contributed by atoms with Crippen molar-refractivity contribution < 1.29 is 4.42 Å². The summed E-state index contributed by atoms with van der Waals surface area (Å²) in [6.07, 6.45) is 6.98. The first-order valence-electron chi connectivity index (χ1n) is 4.79. The standard InChI is InChI=1S/C11H18O/c1-4-5-6-7-11-8-12-10(3)9(11)2/h8H,4-7H2,1-3H3. The summed E-state index contributed by atoms with van der Waals surface area (Å²) in [6, 6.07) is 0. The normalized spacial score (nSPS) is 10.6. The Kier molecular flexibility index (Phi) is 3.39. The van der Waals surface area contributed by atoms with Gasteiger partial charge in [-0.2, -0.15) is 0 Å². The van der Waals surface area contributed by atoms with E-state index < -0.39 is 0 Å². The third kappa shape index (κ3) is 2.13. The van der Waals surface area contributed by atoms with Gasteiger partial charge in [0.05, 0.1) is 6.26 Å². The molecule has 0 unspecified atom stereocenters. The first-order chi connectivity index (χ1) is 5.75. The lowest BCUT2D eigenvalue weighted by Gasteiger charge is -1.97. The van der Waals surface area contributed by atoms with Gasteiger partial charge >= 0.3 is 0 Å². The third-order valence-corrected chi connectivity index (χ3v) is 2.44. The molecule has 0 amide bonds. The van der Waals surface area contributed by atoms with Crippen LogP contribution in [0.15, 0.2) is 10.7 Å². The van der Waals surface area contributed by atoms with Crippen LogP contribution < -0.4 is 0 Å². The first kappa shape index (κ1) is 9.37. The van der Waals surface area contributed by atoms with E-state index >= 15 is 0 Å². The van der Waals surface area contributed by atoms with E-state index in [0.717, 1.165) is 5.76 Å². The molecule has 0 aliphatic rings. The minimum Gasteiger partial charge on any atom is -0.469 e. The maximum atomic E-state index is 5.33. The lowest BCUT2D eigenvalue weighted by molar-refractivity contribution is 0.529. The monoisotopic (exact) mass is 166 g/mol. The van der Waals surface area contributed by atoms with Gasteiger partial charge in [0.2, 0.25) is 0 Å². The van der Waals surface area contributed by atoms with Gasteiger partial charge in [-0.1, -0.05) is 19.8 Å². The Bertz CT molecular complexity index is 235. The lowest BCUT2D eigenvalue weighted by atomic mass is 10.1. The molecule has 0 saturated carbocycles. The van der Waals surface area contributed by atoms with Gasteiger partial charge in [0.15, 0.2) is 0 Å². The molecule has 68 valence electrons. The zero-order valence-electron chi connectivity index (χ0n) is 8.31. The van der Waals surface area contributed by atoms with Gasteiger partial charge in [-0.05, 0) is 37.8 Å². The van der Waals surface area contributed by atoms with Crippen LogP contribution in [0.3, 0.4) is 0 Å². The van der Waals surface area contributed by atoms with E-state index in [1.165, 1.54) is 36.8 Å². The minimum atomic E-state index is 1.07. The van der Waals surface area contributed by atoms with Crippen molar-refractivity contribution in [2.75, 3.05) is 0 Å². The van der Waals surface area contributed by atoms with Gasteiger partial charge in [0, 0.05) is 0 Å². The van der Waals surface area contributed by atoms with Gasteiger partial charge in [-0.25, -0.2) is 0 Å². The van der Waals surface area contributed by atoms with Crippen LogP contribution in [0.2, 0.25) is 0 Å². The van der Waals surface area contributed by atoms with Crippen molar-refractivity contribution >= 4 is 0 Å². The average Bonchev–Trinajstić information content (AvgIpc) is 2.36. The zero-order valence-corrected chi connectivity index (χ0v) is 8.31. The molecule has 1 heterocycles. The van der Waals surface area contributed by atoms with Crippen LogP contribution in [-0.4, -0.2) is 0 Å². The van der Waals surface area contributed by atoms with Crippen LogP contribution in [0, 0.1) is 13.8 Å². The van der Waals surface area contributed by atoms with Crippen molar-refractivity contribution in [1.29, 1.82) is 0 Å². The highest BCUT2D eigenvalue weighted by Gasteiger charge is 2.03. The Morgan fingerprint density at radius 2 is 2.00 bits per heavy atom. The zero-order chi connectivity index (χ0) is 8.97. The maximum absolute atomic E-state index is 5.33. The van der Waals surface area contributed by atoms with E-state index in [4.69, 9.17) is 4.42 Å². The van der Waals surface area contributed by atoms with Crippen LogP contribution in [-0.2, 0) is 6.42 Å². The second-order valence-corrected chi connectivity index (χ2v) is 3.40. The maximum Gasteiger partial charge on any atom is 0.103 e. The van der Waals surface area contributed by atoms with Crippen molar-refractivity contribution in [2.45, 2.75) is 46.5 Å². The molecule has 1 aromatic heterocycles. The number of unbranched alkanes of at least 4 members (excludes halogenated alkanes) is 2. The van der Waals surface area contributed by atoms with Gasteiger partial charge in [-0.15, -0.1) is 0 Å². The van der Waals surface area contributed by atoms with Crippen molar-refractivity contribution in [3.8, 4) is 0 Å². The number of hydrogen-bond donors (Lipinski definition) is 0. The first-order valence-corrected chi connectivity index (χ1v) is 4.79. The van der Waals surface area contributed by atoms with Crippen LogP contribution in [0.5, 0.6) is 0 Å². The smallest absolute Gasteiger partial charge is 0.103 e. The number of furan rings is 1. The molecule has 0 spiro atoms. The van der Waals surface area contributed by atoms with E-state index in [2.05, 4.69) is 13.8 Å². The third-order valence-electron chi connectivity index (χ3n) is 2.44. The highest BCUT2D eigenvalue weighted by Crippen LogP contribution is 2.17. The van der Waals surface area contributed by atoms with E-state index in [9.17, 15) is 0 Å². The number of aryl methyl sites for hydroxylation is 2. The highest BCUT2D eigenvalue weighted by molar-refractivity contribution is 5.25. The molecule has 1 heteroatoms. The number of hydrogen-bond acceptors (Lipinski definition) is 1. The van der Waals surface area contributed by atoms with E-state index in [0.29, 0.717) is 0 Å². The molecule has 1 aromatic rings. The fourth-order valence-electron chi connectivity index (χ4n) is 1.37. The minimum absolute atomic E-state index is 1.07. The predicted molar refractivity (Wildman–Crippen MR) is 51.4 cm³/mol. The Labute approximate surface area is 74.8 Å². The number of rotatable bonds is 4. The molecule has 0 aliphatic carbocycles. The lowest BCUT2D eigenvalue weighted by Crippen LogP contribution is -1.85. The largest absolute Gasteiger partial charge is 0.469 e. The summed E-state index contributed by atoms with van der Waals surface area (Å²) < 4.78 is 5.33. The van der Waals surface area contributed by atoms with Crippen LogP contribution in [0.25, 0.3) is 0 Å². The van der Waals surface area contributed by atoms with E-state index in [1.54, 1.807) is 0 Å². The summed E-state index contributed by atoms with van der Waals surface area (Å²) in [5.41, 5.74) is 2.73. The molecule has 12 heavy (non-hydrogen) atoms. The molecule has 0 aliphatic heterocycles. The molecule has 0 atom stereocenters. The van der Waals surface area contributed by atoms with E-state index in [1.807, 2.05) is 13.2 Å². The molecule has 0 saturated heterocycles. The van der Waals surface area contributed by atoms with Gasteiger partial charge in [0.25, 0.3) is 0 Å². The van der Waals surface area contributed by atoms with Gasteiger partial charge in [0.1, 0.15) is 5.76 Å². The fraction of sp³-hybridized carbons (Fsp3) is 0.636. The molecule has 0 aromatic carbocycles. The van der Waals surface area contributed by atoms with E-state index in [-0.39, 0.29) is 0 Å². The molecule has 0 fully saturated rings. The van der Waals surface area contributed by atoms with Crippen molar-refractivity contribution in [3.63, 3.8) is 0 Å². The van der Waals surface area contributed by atoms with Gasteiger partial charge in [-0.3, -0.25) is 0 Å². The quantitative estimate of drug-likeness (QED) is 0.622. The second-order valence-electron chi connectivity index (χ2n) is 3.40. The SMILES string of the molecule is CCCCCc1coc(C)c1C. The predicted octanol–water partition coefficient (Wildman–Crippen LogP) is 3.63. The average molecular weight is 166 g/mol. The molecule has 0 N–H and O–H groups in total. The summed E-state index contributed by atoms with van der Waals surface area (Å²) >= 11 is 0. The summed E-state index contributed by atoms with van der Waals surface area (Å²) in [4.78, 5) is 0. The second kappa shape index (κ2) is 4.34. The topological polar surface area (TPSA) is 13.1 Å². The highest BCUT2D eigenvalue weighted by atomic mass is 16.3. The van der Waals surface area contributed by atoms with Gasteiger partial charge < -0.3 is 4.42 Å². The Balaban J connectivity index is 2.46. The fourth-order valence-corrected chi connectivity index (χ4v) is 1.37. The Hall–Kier alpha value is -0.720. The van der Waals surface area contributed by atoms with Crippen molar-refractivity contribution in [1.82, 2.24) is 0 Å². The molecule has 1 nitrogen and oxygen atoms in total.